The summed E-state index contributed by atoms with van der Waals surface area (Å²) in [6.45, 7) is 5.65. The normalized spacial score (nSPS) is 12.1. The van der Waals surface area contributed by atoms with Crippen molar-refractivity contribution in [2.24, 2.45) is 0 Å². The first-order chi connectivity index (χ1) is 6.49. The molecule has 0 saturated heterocycles. The zero-order chi connectivity index (χ0) is 10.6. The molecule has 14 heavy (non-hydrogen) atoms. The minimum Gasteiger partial charge on any atom is -0.308 e. The third kappa shape index (κ3) is 4.16. The molecule has 0 aromatic heterocycles. The van der Waals surface area contributed by atoms with Gasteiger partial charge >= 0.3 is 0 Å². The van der Waals surface area contributed by atoms with E-state index in [1.807, 2.05) is 11.8 Å². The standard InChI is InChI=1S/C12H19NS/c1-12(2,10-13(3)4)14-11-8-6-5-7-9-11/h5-9H,10H2,1-4H3. The van der Waals surface area contributed by atoms with Crippen molar-refractivity contribution >= 4 is 11.8 Å². The molecule has 0 atom stereocenters. The molecule has 0 aliphatic heterocycles. The third-order valence-corrected chi connectivity index (χ3v) is 3.02. The Bertz CT molecular complexity index is 267. The van der Waals surface area contributed by atoms with Gasteiger partial charge < -0.3 is 4.90 Å². The summed E-state index contributed by atoms with van der Waals surface area (Å²) in [5.74, 6) is 0. The quantitative estimate of drug-likeness (QED) is 0.701. The van der Waals surface area contributed by atoms with Gasteiger partial charge in [0.1, 0.15) is 0 Å². The van der Waals surface area contributed by atoms with Gasteiger partial charge in [-0.1, -0.05) is 18.2 Å². The van der Waals surface area contributed by atoms with E-state index >= 15 is 0 Å². The Morgan fingerprint density at radius 3 is 2.21 bits per heavy atom. The fraction of sp³-hybridized carbons (Fsp3) is 0.500. The predicted molar refractivity (Wildman–Crippen MR) is 64.9 cm³/mol. The van der Waals surface area contributed by atoms with Crippen LogP contribution in [0.1, 0.15) is 13.8 Å². The number of hydrogen-bond acceptors (Lipinski definition) is 2. The van der Waals surface area contributed by atoms with Gasteiger partial charge in [0.25, 0.3) is 0 Å². The summed E-state index contributed by atoms with van der Waals surface area (Å²) in [5, 5.41) is 0. The number of rotatable bonds is 4. The number of thioether (sulfide) groups is 1. The topological polar surface area (TPSA) is 3.24 Å². The van der Waals surface area contributed by atoms with Crippen molar-refractivity contribution in [3.8, 4) is 0 Å². The highest BCUT2D eigenvalue weighted by molar-refractivity contribution is 8.00. The lowest BCUT2D eigenvalue weighted by Gasteiger charge is -2.27. The summed E-state index contributed by atoms with van der Waals surface area (Å²) < 4.78 is 0.269. The maximum absolute atomic E-state index is 2.28. The second-order valence-electron chi connectivity index (χ2n) is 4.41. The lowest BCUT2D eigenvalue weighted by atomic mass is 10.2. The van der Waals surface area contributed by atoms with Crippen LogP contribution in [0.2, 0.25) is 0 Å². The predicted octanol–water partition coefficient (Wildman–Crippen LogP) is 3.12. The van der Waals surface area contributed by atoms with Crippen LogP contribution in [0, 0.1) is 0 Å². The van der Waals surface area contributed by atoms with E-state index < -0.39 is 0 Å². The molecule has 0 N–H and O–H groups in total. The molecule has 0 radical (unpaired) electrons. The largest absolute Gasteiger partial charge is 0.308 e. The highest BCUT2D eigenvalue weighted by atomic mass is 32.2. The van der Waals surface area contributed by atoms with Gasteiger partial charge in [0, 0.05) is 16.2 Å². The van der Waals surface area contributed by atoms with Crippen LogP contribution < -0.4 is 0 Å². The molecule has 0 heterocycles. The van der Waals surface area contributed by atoms with Crippen molar-refractivity contribution in [2.45, 2.75) is 23.5 Å². The summed E-state index contributed by atoms with van der Waals surface area (Å²) in [5.41, 5.74) is 0. The van der Waals surface area contributed by atoms with Gasteiger partial charge in [-0.05, 0) is 40.1 Å². The SMILES string of the molecule is CN(C)CC(C)(C)Sc1ccccc1. The Kier molecular flexibility index (Phi) is 4.02. The van der Waals surface area contributed by atoms with Crippen molar-refractivity contribution in [3.63, 3.8) is 0 Å². The lowest BCUT2D eigenvalue weighted by Crippen LogP contribution is -2.31. The van der Waals surface area contributed by atoms with Crippen molar-refractivity contribution in [1.82, 2.24) is 4.90 Å². The molecule has 0 unspecified atom stereocenters. The maximum Gasteiger partial charge on any atom is 0.0277 e. The van der Waals surface area contributed by atoms with E-state index in [1.54, 1.807) is 0 Å². The van der Waals surface area contributed by atoms with Crippen LogP contribution in [-0.2, 0) is 0 Å². The molecule has 78 valence electrons. The number of nitrogens with zero attached hydrogens (tertiary/aromatic N) is 1. The molecule has 0 fully saturated rings. The van der Waals surface area contributed by atoms with Gasteiger partial charge in [-0.3, -0.25) is 0 Å². The lowest BCUT2D eigenvalue weighted by molar-refractivity contribution is 0.373. The molecule has 2 heteroatoms. The van der Waals surface area contributed by atoms with E-state index in [-0.39, 0.29) is 4.75 Å². The highest BCUT2D eigenvalue weighted by Gasteiger charge is 2.19. The fourth-order valence-corrected chi connectivity index (χ4v) is 2.86. The van der Waals surface area contributed by atoms with Crippen molar-refractivity contribution < 1.29 is 0 Å². The number of hydrogen-bond donors (Lipinski definition) is 0. The molecule has 0 aliphatic carbocycles. The summed E-state index contributed by atoms with van der Waals surface area (Å²) in [4.78, 5) is 3.58. The van der Waals surface area contributed by atoms with E-state index in [0.717, 1.165) is 6.54 Å². The monoisotopic (exact) mass is 209 g/mol. The van der Waals surface area contributed by atoms with Crippen molar-refractivity contribution in [3.05, 3.63) is 30.3 Å². The summed E-state index contributed by atoms with van der Waals surface area (Å²) in [6, 6.07) is 10.6. The maximum atomic E-state index is 2.28. The van der Waals surface area contributed by atoms with E-state index in [9.17, 15) is 0 Å². The third-order valence-electron chi connectivity index (χ3n) is 1.83. The van der Waals surface area contributed by atoms with E-state index in [2.05, 4.69) is 63.2 Å². The molecule has 0 aliphatic rings. The highest BCUT2D eigenvalue weighted by Crippen LogP contribution is 2.32. The molecule has 1 aromatic carbocycles. The molecular formula is C12H19NS. The molecule has 1 aromatic rings. The molecule has 0 bridgehead atoms. The van der Waals surface area contributed by atoms with Crippen LogP contribution in [-0.4, -0.2) is 30.3 Å². The fourth-order valence-electron chi connectivity index (χ4n) is 1.60. The first-order valence-electron chi connectivity index (χ1n) is 4.88. The summed E-state index contributed by atoms with van der Waals surface area (Å²) in [7, 11) is 4.24. The Labute approximate surface area is 91.5 Å². The molecule has 0 spiro atoms. The van der Waals surface area contributed by atoms with E-state index in [1.165, 1.54) is 4.90 Å². The van der Waals surface area contributed by atoms with Gasteiger partial charge in [0.05, 0.1) is 0 Å². The van der Waals surface area contributed by atoms with Gasteiger partial charge in [-0.15, -0.1) is 11.8 Å². The van der Waals surface area contributed by atoms with Gasteiger partial charge in [-0.2, -0.15) is 0 Å². The van der Waals surface area contributed by atoms with Gasteiger partial charge in [-0.25, -0.2) is 0 Å². The van der Waals surface area contributed by atoms with Crippen LogP contribution in [0.25, 0.3) is 0 Å². The second-order valence-corrected chi connectivity index (χ2v) is 6.19. The Morgan fingerprint density at radius 2 is 1.71 bits per heavy atom. The van der Waals surface area contributed by atoms with Crippen LogP contribution in [0.3, 0.4) is 0 Å². The van der Waals surface area contributed by atoms with E-state index in [4.69, 9.17) is 0 Å². The summed E-state index contributed by atoms with van der Waals surface area (Å²) >= 11 is 1.93. The summed E-state index contributed by atoms with van der Waals surface area (Å²) in [6.07, 6.45) is 0. The first-order valence-corrected chi connectivity index (χ1v) is 5.70. The Morgan fingerprint density at radius 1 is 1.14 bits per heavy atom. The van der Waals surface area contributed by atoms with Crippen LogP contribution in [0.4, 0.5) is 0 Å². The van der Waals surface area contributed by atoms with Crippen LogP contribution in [0.15, 0.2) is 35.2 Å². The molecule has 0 amide bonds. The second kappa shape index (κ2) is 4.85. The zero-order valence-electron chi connectivity index (χ0n) is 9.45. The average Bonchev–Trinajstić information content (AvgIpc) is 2.02. The minimum atomic E-state index is 0.269. The number of benzene rings is 1. The molecular weight excluding hydrogens is 190 g/mol. The molecule has 0 saturated carbocycles. The van der Waals surface area contributed by atoms with Crippen LogP contribution >= 0.6 is 11.8 Å². The van der Waals surface area contributed by atoms with Gasteiger partial charge in [0.15, 0.2) is 0 Å². The first kappa shape index (κ1) is 11.6. The Balaban J connectivity index is 2.59. The molecule has 1 nitrogen and oxygen atoms in total. The Hall–Kier alpha value is -0.470. The van der Waals surface area contributed by atoms with E-state index in [0.29, 0.717) is 0 Å². The smallest absolute Gasteiger partial charge is 0.0277 e. The zero-order valence-corrected chi connectivity index (χ0v) is 10.3. The minimum absolute atomic E-state index is 0.269. The van der Waals surface area contributed by atoms with Crippen molar-refractivity contribution in [1.29, 1.82) is 0 Å². The van der Waals surface area contributed by atoms with Crippen LogP contribution in [0.5, 0.6) is 0 Å². The van der Waals surface area contributed by atoms with Gasteiger partial charge in [0.2, 0.25) is 0 Å². The van der Waals surface area contributed by atoms with Crippen molar-refractivity contribution in [2.75, 3.05) is 20.6 Å². The average molecular weight is 209 g/mol. The molecule has 1 rings (SSSR count).